The molecule has 1 unspecified atom stereocenters. The van der Waals surface area contributed by atoms with Crippen LogP contribution >= 0.6 is 0 Å². The molecule has 0 spiro atoms. The van der Waals surface area contributed by atoms with Gasteiger partial charge in [-0.25, -0.2) is 4.79 Å². The van der Waals surface area contributed by atoms with Crippen LogP contribution in [0.15, 0.2) is 18.2 Å². The summed E-state index contributed by atoms with van der Waals surface area (Å²) in [6, 6.07) is 4.93. The fourth-order valence-electron chi connectivity index (χ4n) is 2.03. The van der Waals surface area contributed by atoms with E-state index in [-0.39, 0.29) is 17.5 Å². The summed E-state index contributed by atoms with van der Waals surface area (Å²) in [6.45, 7) is 7.36. The molecular weight excluding hydrogens is 270 g/mol. The van der Waals surface area contributed by atoms with Crippen LogP contribution in [0.4, 0.5) is 0 Å². The third kappa shape index (κ3) is 4.48. The average molecular weight is 293 g/mol. The number of carbonyl (C=O) groups is 2. The molecule has 0 aliphatic carbocycles. The minimum atomic E-state index is -1.01. The number of hydrogen-bond acceptors (Lipinski definition) is 3. The van der Waals surface area contributed by atoms with E-state index in [2.05, 4.69) is 5.32 Å². The molecule has 5 heteroatoms. The lowest BCUT2D eigenvalue weighted by molar-refractivity contribution is -0.128. The van der Waals surface area contributed by atoms with Crippen molar-refractivity contribution in [3.8, 4) is 5.75 Å². The molecule has 2 N–H and O–H groups in total. The van der Waals surface area contributed by atoms with E-state index in [9.17, 15) is 9.59 Å². The van der Waals surface area contributed by atoms with E-state index < -0.39 is 12.1 Å². The number of nitrogens with one attached hydrogen (secondary N) is 1. The van der Waals surface area contributed by atoms with Gasteiger partial charge in [-0.1, -0.05) is 19.9 Å². The van der Waals surface area contributed by atoms with Gasteiger partial charge in [-0.05, 0) is 38.8 Å². The van der Waals surface area contributed by atoms with Crippen molar-refractivity contribution in [1.82, 2.24) is 5.32 Å². The fraction of sp³-hybridized carbons (Fsp3) is 0.500. The van der Waals surface area contributed by atoms with Crippen LogP contribution in [0, 0.1) is 6.92 Å². The molecule has 0 fully saturated rings. The van der Waals surface area contributed by atoms with Gasteiger partial charge in [0, 0.05) is 11.6 Å². The molecule has 0 aromatic heterocycles. The van der Waals surface area contributed by atoms with Gasteiger partial charge in [-0.2, -0.15) is 0 Å². The summed E-state index contributed by atoms with van der Waals surface area (Å²) in [6.07, 6.45) is 1.05. The number of carboxylic acids is 1. The van der Waals surface area contributed by atoms with Gasteiger partial charge >= 0.3 is 5.97 Å². The second-order valence-corrected chi connectivity index (χ2v) is 5.02. The maximum absolute atomic E-state index is 12.1. The fourth-order valence-corrected chi connectivity index (χ4v) is 2.03. The zero-order valence-electron chi connectivity index (χ0n) is 13.0. The number of benzene rings is 1. The summed E-state index contributed by atoms with van der Waals surface area (Å²) in [5, 5.41) is 12.0. The van der Waals surface area contributed by atoms with Crippen molar-refractivity contribution in [2.24, 2.45) is 0 Å². The molecule has 21 heavy (non-hydrogen) atoms. The summed E-state index contributed by atoms with van der Waals surface area (Å²) >= 11 is 0. The molecule has 0 aliphatic rings. The van der Waals surface area contributed by atoms with Gasteiger partial charge < -0.3 is 15.2 Å². The first-order valence-corrected chi connectivity index (χ1v) is 7.20. The maximum Gasteiger partial charge on any atom is 0.336 e. The highest BCUT2D eigenvalue weighted by Gasteiger charge is 2.19. The van der Waals surface area contributed by atoms with Gasteiger partial charge in [0.2, 0.25) is 0 Å². The van der Waals surface area contributed by atoms with E-state index >= 15 is 0 Å². The Labute approximate surface area is 125 Å². The van der Waals surface area contributed by atoms with Crippen molar-refractivity contribution in [1.29, 1.82) is 0 Å². The first kappa shape index (κ1) is 17.0. The molecule has 0 heterocycles. The summed E-state index contributed by atoms with van der Waals surface area (Å²) in [4.78, 5) is 23.1. The number of carbonyl (C=O) groups excluding carboxylic acids is 1. The van der Waals surface area contributed by atoms with Crippen LogP contribution in [0.5, 0.6) is 5.75 Å². The normalized spacial score (nSPS) is 12.0. The SMILES string of the molecule is CCC(CC)NC(=O)C(C)Oc1cccc(C(=O)O)c1C. The number of ether oxygens (including phenoxy) is 1. The highest BCUT2D eigenvalue weighted by Crippen LogP contribution is 2.22. The molecule has 0 saturated carbocycles. The third-order valence-corrected chi connectivity index (χ3v) is 3.52. The Hall–Kier alpha value is -2.04. The molecule has 1 amide bonds. The Bertz CT molecular complexity index is 509. The Morgan fingerprint density at radius 3 is 2.43 bits per heavy atom. The largest absolute Gasteiger partial charge is 0.481 e. The second kappa shape index (κ2) is 7.67. The molecule has 0 saturated heterocycles. The molecule has 116 valence electrons. The summed E-state index contributed by atoms with van der Waals surface area (Å²) in [5.74, 6) is -0.780. The minimum Gasteiger partial charge on any atom is -0.481 e. The van der Waals surface area contributed by atoms with E-state index in [1.165, 1.54) is 6.07 Å². The predicted octanol–water partition coefficient (Wildman–Crippen LogP) is 2.77. The molecule has 0 radical (unpaired) electrons. The van der Waals surface area contributed by atoms with E-state index in [0.717, 1.165) is 12.8 Å². The molecule has 1 aromatic carbocycles. The van der Waals surface area contributed by atoms with Crippen LogP contribution in [0.2, 0.25) is 0 Å². The lowest BCUT2D eigenvalue weighted by Crippen LogP contribution is -2.42. The summed E-state index contributed by atoms with van der Waals surface area (Å²) < 4.78 is 5.61. The number of rotatable bonds is 7. The monoisotopic (exact) mass is 293 g/mol. The molecule has 0 bridgehead atoms. The molecule has 0 aliphatic heterocycles. The Kier molecular flexibility index (Phi) is 6.21. The summed E-state index contributed by atoms with van der Waals surface area (Å²) in [5.41, 5.74) is 0.701. The number of carboxylic acid groups (broad SMARTS) is 1. The quantitative estimate of drug-likeness (QED) is 0.810. The number of hydrogen-bond donors (Lipinski definition) is 2. The van der Waals surface area contributed by atoms with Crippen LogP contribution in [0.3, 0.4) is 0 Å². The molecule has 5 nitrogen and oxygen atoms in total. The zero-order valence-corrected chi connectivity index (χ0v) is 13.0. The van der Waals surface area contributed by atoms with Crippen molar-refractivity contribution in [2.75, 3.05) is 0 Å². The Morgan fingerprint density at radius 1 is 1.29 bits per heavy atom. The van der Waals surface area contributed by atoms with Crippen molar-refractivity contribution in [3.63, 3.8) is 0 Å². The molecule has 1 rings (SSSR count). The van der Waals surface area contributed by atoms with Gasteiger partial charge in [0.05, 0.1) is 5.56 Å². The van der Waals surface area contributed by atoms with Crippen LogP contribution < -0.4 is 10.1 Å². The Balaban J connectivity index is 2.79. The lowest BCUT2D eigenvalue weighted by atomic mass is 10.1. The van der Waals surface area contributed by atoms with Gasteiger partial charge in [0.1, 0.15) is 5.75 Å². The second-order valence-electron chi connectivity index (χ2n) is 5.02. The van der Waals surface area contributed by atoms with Crippen LogP contribution in [0.25, 0.3) is 0 Å². The minimum absolute atomic E-state index is 0.134. The predicted molar refractivity (Wildman–Crippen MR) is 80.7 cm³/mol. The lowest BCUT2D eigenvalue weighted by Gasteiger charge is -2.20. The maximum atomic E-state index is 12.1. The molecular formula is C16H23NO4. The smallest absolute Gasteiger partial charge is 0.336 e. The van der Waals surface area contributed by atoms with Crippen LogP contribution in [-0.2, 0) is 4.79 Å². The van der Waals surface area contributed by atoms with Gasteiger partial charge in [0.25, 0.3) is 5.91 Å². The standard InChI is InChI=1S/C16H23NO4/c1-5-12(6-2)17-15(18)11(4)21-14-9-7-8-13(10(14)3)16(19)20/h7-9,11-12H,5-6H2,1-4H3,(H,17,18)(H,19,20). The van der Waals surface area contributed by atoms with Crippen molar-refractivity contribution in [2.45, 2.75) is 52.7 Å². The third-order valence-electron chi connectivity index (χ3n) is 3.52. The highest BCUT2D eigenvalue weighted by atomic mass is 16.5. The van der Waals surface area contributed by atoms with Crippen LogP contribution in [-0.4, -0.2) is 29.1 Å². The molecule has 1 aromatic rings. The van der Waals surface area contributed by atoms with E-state index in [1.807, 2.05) is 13.8 Å². The van der Waals surface area contributed by atoms with Crippen molar-refractivity contribution in [3.05, 3.63) is 29.3 Å². The molecule has 1 atom stereocenters. The number of aromatic carboxylic acids is 1. The van der Waals surface area contributed by atoms with Crippen molar-refractivity contribution < 1.29 is 19.4 Å². The van der Waals surface area contributed by atoms with E-state index in [0.29, 0.717) is 11.3 Å². The average Bonchev–Trinajstić information content (AvgIpc) is 2.46. The van der Waals surface area contributed by atoms with Gasteiger partial charge in [-0.15, -0.1) is 0 Å². The van der Waals surface area contributed by atoms with Gasteiger partial charge in [-0.3, -0.25) is 4.79 Å². The topological polar surface area (TPSA) is 75.6 Å². The van der Waals surface area contributed by atoms with E-state index in [4.69, 9.17) is 9.84 Å². The van der Waals surface area contributed by atoms with E-state index in [1.54, 1.807) is 26.0 Å². The zero-order chi connectivity index (χ0) is 16.0. The Morgan fingerprint density at radius 2 is 1.90 bits per heavy atom. The number of amides is 1. The highest BCUT2D eigenvalue weighted by molar-refractivity contribution is 5.90. The van der Waals surface area contributed by atoms with Crippen LogP contribution in [0.1, 0.15) is 49.5 Å². The van der Waals surface area contributed by atoms with Gasteiger partial charge in [0.15, 0.2) is 6.10 Å². The van der Waals surface area contributed by atoms with Crippen molar-refractivity contribution >= 4 is 11.9 Å². The first-order chi connectivity index (χ1) is 9.90. The summed E-state index contributed by atoms with van der Waals surface area (Å²) in [7, 11) is 0. The first-order valence-electron chi connectivity index (χ1n) is 7.20.